The van der Waals surface area contributed by atoms with E-state index in [2.05, 4.69) is 5.16 Å². The highest BCUT2D eigenvalue weighted by molar-refractivity contribution is 8.00. The molecular weight excluding hydrogens is 255 g/mol. The molecular formula is C12H15FN2O2S. The Morgan fingerprint density at radius 2 is 2.39 bits per heavy atom. The average Bonchev–Trinajstić information content (AvgIpc) is 2.76. The van der Waals surface area contributed by atoms with Crippen molar-refractivity contribution < 1.29 is 14.3 Å². The lowest BCUT2D eigenvalue weighted by atomic mass is 10.2. The minimum Gasteiger partial charge on any atom is -0.409 e. The third-order valence-electron chi connectivity index (χ3n) is 2.91. The maximum atomic E-state index is 13.2. The summed E-state index contributed by atoms with van der Waals surface area (Å²) in [6.07, 6.45) is 1.10. The highest BCUT2D eigenvalue weighted by Crippen LogP contribution is 2.34. The monoisotopic (exact) mass is 270 g/mol. The predicted molar refractivity (Wildman–Crippen MR) is 68.6 cm³/mol. The number of amidine groups is 1. The molecule has 1 aliphatic heterocycles. The molecule has 0 saturated carbocycles. The minimum absolute atomic E-state index is 0.0800. The topological polar surface area (TPSA) is 67.8 Å². The van der Waals surface area contributed by atoms with E-state index in [0.717, 1.165) is 17.9 Å². The molecule has 2 atom stereocenters. The van der Waals surface area contributed by atoms with Crippen LogP contribution in [0.1, 0.15) is 18.9 Å². The van der Waals surface area contributed by atoms with Crippen LogP contribution >= 0.6 is 11.8 Å². The Kier molecular flexibility index (Phi) is 4.08. The van der Waals surface area contributed by atoms with Crippen molar-refractivity contribution in [1.29, 1.82) is 0 Å². The predicted octanol–water partition coefficient (Wildman–Crippen LogP) is 2.19. The zero-order valence-electron chi connectivity index (χ0n) is 9.97. The zero-order chi connectivity index (χ0) is 13.1. The molecule has 1 aliphatic rings. The Balaban J connectivity index is 2.26. The van der Waals surface area contributed by atoms with Gasteiger partial charge in [-0.05, 0) is 31.5 Å². The molecule has 18 heavy (non-hydrogen) atoms. The number of oxime groups is 1. The molecule has 98 valence electrons. The van der Waals surface area contributed by atoms with E-state index in [1.165, 1.54) is 12.1 Å². The molecule has 1 fully saturated rings. The number of benzene rings is 1. The van der Waals surface area contributed by atoms with Crippen molar-refractivity contribution in [2.45, 2.75) is 29.6 Å². The van der Waals surface area contributed by atoms with Crippen LogP contribution in [0.4, 0.5) is 4.39 Å². The van der Waals surface area contributed by atoms with Gasteiger partial charge in [-0.25, -0.2) is 4.39 Å². The molecule has 1 aromatic carbocycles. The lowest BCUT2D eigenvalue weighted by Crippen LogP contribution is -2.17. The molecule has 0 bridgehead atoms. The molecule has 2 unspecified atom stereocenters. The van der Waals surface area contributed by atoms with Gasteiger partial charge in [0.15, 0.2) is 5.84 Å². The molecule has 4 nitrogen and oxygen atoms in total. The zero-order valence-corrected chi connectivity index (χ0v) is 10.8. The van der Waals surface area contributed by atoms with Gasteiger partial charge in [0.1, 0.15) is 5.82 Å². The Labute approximate surface area is 109 Å². The quantitative estimate of drug-likeness (QED) is 0.382. The maximum absolute atomic E-state index is 13.2. The average molecular weight is 270 g/mol. The first kappa shape index (κ1) is 13.2. The summed E-state index contributed by atoms with van der Waals surface area (Å²) < 4.78 is 18.7. The lowest BCUT2D eigenvalue weighted by Gasteiger charge is -2.15. The fourth-order valence-electron chi connectivity index (χ4n) is 1.89. The van der Waals surface area contributed by atoms with Gasteiger partial charge in [0, 0.05) is 22.3 Å². The summed E-state index contributed by atoms with van der Waals surface area (Å²) in [5.41, 5.74) is 5.98. The van der Waals surface area contributed by atoms with Gasteiger partial charge in [0.05, 0.1) is 6.10 Å². The molecule has 0 radical (unpaired) electrons. The maximum Gasteiger partial charge on any atom is 0.171 e. The standard InChI is InChI=1S/C12H15FN2O2S/c1-7-10(4-5-17-7)18-11-3-2-8(13)6-9(11)12(14)15-16/h2-3,6-7,10,16H,4-5H2,1H3,(H2,14,15). The second kappa shape index (κ2) is 5.58. The van der Waals surface area contributed by atoms with Crippen molar-refractivity contribution in [2.75, 3.05) is 6.61 Å². The van der Waals surface area contributed by atoms with Crippen molar-refractivity contribution in [3.63, 3.8) is 0 Å². The van der Waals surface area contributed by atoms with E-state index in [1.807, 2.05) is 6.92 Å². The van der Waals surface area contributed by atoms with Gasteiger partial charge in [-0.1, -0.05) is 5.16 Å². The minimum atomic E-state index is -0.406. The summed E-state index contributed by atoms with van der Waals surface area (Å²) in [4.78, 5) is 0.800. The number of thioether (sulfide) groups is 1. The van der Waals surface area contributed by atoms with Crippen LogP contribution in [-0.2, 0) is 4.74 Å². The van der Waals surface area contributed by atoms with Crippen molar-refractivity contribution in [1.82, 2.24) is 0 Å². The third-order valence-corrected chi connectivity index (χ3v) is 4.44. The number of hydrogen-bond acceptors (Lipinski definition) is 4. The number of ether oxygens (including phenoxy) is 1. The molecule has 0 amide bonds. The molecule has 6 heteroatoms. The summed E-state index contributed by atoms with van der Waals surface area (Å²) in [7, 11) is 0. The molecule has 1 aromatic rings. The normalized spacial score (nSPS) is 24.4. The highest BCUT2D eigenvalue weighted by Gasteiger charge is 2.26. The number of rotatable bonds is 3. The Morgan fingerprint density at radius 1 is 1.61 bits per heavy atom. The smallest absolute Gasteiger partial charge is 0.171 e. The van der Waals surface area contributed by atoms with Crippen LogP contribution < -0.4 is 5.73 Å². The Hall–Kier alpha value is -1.27. The van der Waals surface area contributed by atoms with Crippen molar-refractivity contribution in [3.05, 3.63) is 29.6 Å². The summed E-state index contributed by atoms with van der Waals surface area (Å²) in [6, 6.07) is 4.30. The number of hydrogen-bond donors (Lipinski definition) is 2. The van der Waals surface area contributed by atoms with E-state index in [4.69, 9.17) is 15.7 Å². The molecule has 0 aliphatic carbocycles. The molecule has 0 aromatic heterocycles. The van der Waals surface area contributed by atoms with E-state index in [1.54, 1.807) is 17.8 Å². The SMILES string of the molecule is CC1OCCC1Sc1ccc(F)cc1/C(N)=N/O. The molecule has 0 spiro atoms. The van der Waals surface area contributed by atoms with Crippen LogP contribution in [0.2, 0.25) is 0 Å². The molecule has 2 rings (SSSR count). The second-order valence-corrected chi connectivity index (χ2v) is 5.43. The van der Waals surface area contributed by atoms with E-state index >= 15 is 0 Å². The van der Waals surface area contributed by atoms with E-state index in [9.17, 15) is 4.39 Å². The second-order valence-electron chi connectivity index (χ2n) is 4.15. The van der Waals surface area contributed by atoms with Crippen molar-refractivity contribution in [3.8, 4) is 0 Å². The molecule has 3 N–H and O–H groups in total. The van der Waals surface area contributed by atoms with Crippen molar-refractivity contribution in [2.24, 2.45) is 10.9 Å². The summed E-state index contributed by atoms with van der Waals surface area (Å²) >= 11 is 1.57. The largest absolute Gasteiger partial charge is 0.409 e. The lowest BCUT2D eigenvalue weighted by molar-refractivity contribution is 0.127. The van der Waals surface area contributed by atoms with Crippen molar-refractivity contribution >= 4 is 17.6 Å². The van der Waals surface area contributed by atoms with Gasteiger partial charge < -0.3 is 15.7 Å². The van der Waals surface area contributed by atoms with E-state index < -0.39 is 5.82 Å². The Bertz CT molecular complexity index is 467. The van der Waals surface area contributed by atoms with Gasteiger partial charge in [-0.15, -0.1) is 11.8 Å². The summed E-state index contributed by atoms with van der Waals surface area (Å²) in [6.45, 7) is 2.75. The van der Waals surface area contributed by atoms with Crippen LogP contribution in [0, 0.1) is 5.82 Å². The fourth-order valence-corrected chi connectivity index (χ4v) is 3.14. The van der Waals surface area contributed by atoms with Gasteiger partial charge >= 0.3 is 0 Å². The van der Waals surface area contributed by atoms with E-state index in [-0.39, 0.29) is 11.9 Å². The van der Waals surface area contributed by atoms with Crippen LogP contribution in [-0.4, -0.2) is 29.0 Å². The fraction of sp³-hybridized carbons (Fsp3) is 0.417. The highest BCUT2D eigenvalue weighted by atomic mass is 32.2. The first-order valence-electron chi connectivity index (χ1n) is 5.67. The van der Waals surface area contributed by atoms with Crippen LogP contribution in [0.25, 0.3) is 0 Å². The number of nitrogens with two attached hydrogens (primary N) is 1. The summed E-state index contributed by atoms with van der Waals surface area (Å²) in [5, 5.41) is 12.0. The first-order valence-corrected chi connectivity index (χ1v) is 6.55. The number of nitrogens with zero attached hydrogens (tertiary/aromatic N) is 1. The van der Waals surface area contributed by atoms with Gasteiger partial charge in [-0.3, -0.25) is 0 Å². The molecule has 1 heterocycles. The third kappa shape index (κ3) is 2.76. The van der Waals surface area contributed by atoms with E-state index in [0.29, 0.717) is 10.8 Å². The van der Waals surface area contributed by atoms with Crippen LogP contribution in [0.5, 0.6) is 0 Å². The molecule has 1 saturated heterocycles. The Morgan fingerprint density at radius 3 is 3.00 bits per heavy atom. The first-order chi connectivity index (χ1) is 8.61. The van der Waals surface area contributed by atoms with Crippen LogP contribution in [0.15, 0.2) is 28.3 Å². The number of halogens is 1. The van der Waals surface area contributed by atoms with Gasteiger partial charge in [0.25, 0.3) is 0 Å². The van der Waals surface area contributed by atoms with Gasteiger partial charge in [0.2, 0.25) is 0 Å². The van der Waals surface area contributed by atoms with Gasteiger partial charge in [-0.2, -0.15) is 0 Å². The van der Waals surface area contributed by atoms with Crippen LogP contribution in [0.3, 0.4) is 0 Å². The summed E-state index contributed by atoms with van der Waals surface area (Å²) in [5.74, 6) is -0.486.